The SMILES string of the molecule is Cc1ccc2c(c1)CCCN2C(=O)c1cc(C)n(Cc2ccco2)c1C. The zero-order valence-corrected chi connectivity index (χ0v) is 15.6. The van der Waals surface area contributed by atoms with Gasteiger partial charge in [0.15, 0.2) is 0 Å². The van der Waals surface area contributed by atoms with Gasteiger partial charge in [-0.25, -0.2) is 0 Å². The maximum Gasteiger partial charge on any atom is 0.260 e. The van der Waals surface area contributed by atoms with Crippen LogP contribution in [0.2, 0.25) is 0 Å². The third kappa shape index (κ3) is 2.85. The molecule has 1 amide bonds. The maximum absolute atomic E-state index is 13.3. The van der Waals surface area contributed by atoms with Crippen molar-refractivity contribution in [3.63, 3.8) is 0 Å². The first-order valence-corrected chi connectivity index (χ1v) is 9.15. The Morgan fingerprint density at radius 2 is 2.00 bits per heavy atom. The van der Waals surface area contributed by atoms with E-state index in [1.807, 2.05) is 36.9 Å². The number of fused-ring (bicyclic) bond motifs is 1. The molecular formula is C22H24N2O2. The molecule has 4 heteroatoms. The molecular weight excluding hydrogens is 324 g/mol. The van der Waals surface area contributed by atoms with Crippen molar-refractivity contribution in [3.05, 3.63) is 76.5 Å². The summed E-state index contributed by atoms with van der Waals surface area (Å²) in [7, 11) is 0. The Balaban J connectivity index is 1.68. The molecule has 2 aromatic heterocycles. The number of hydrogen-bond donors (Lipinski definition) is 0. The Kier molecular flexibility index (Phi) is 4.19. The van der Waals surface area contributed by atoms with Crippen molar-refractivity contribution in [2.24, 2.45) is 0 Å². The van der Waals surface area contributed by atoms with Gasteiger partial charge in [-0.05, 0) is 63.4 Å². The first-order valence-electron chi connectivity index (χ1n) is 9.15. The summed E-state index contributed by atoms with van der Waals surface area (Å²) in [5.74, 6) is 0.984. The minimum absolute atomic E-state index is 0.0913. The molecule has 3 aromatic rings. The molecule has 1 aromatic carbocycles. The lowest BCUT2D eigenvalue weighted by molar-refractivity contribution is 0.0984. The molecule has 0 unspecified atom stereocenters. The van der Waals surface area contributed by atoms with Crippen LogP contribution in [0.1, 0.15) is 45.1 Å². The largest absolute Gasteiger partial charge is 0.467 e. The van der Waals surface area contributed by atoms with Crippen LogP contribution in [0.25, 0.3) is 0 Å². The van der Waals surface area contributed by atoms with E-state index in [0.717, 1.165) is 47.8 Å². The molecule has 0 aliphatic carbocycles. The van der Waals surface area contributed by atoms with Crippen molar-refractivity contribution in [2.45, 2.75) is 40.2 Å². The predicted octanol–water partition coefficient (Wildman–Crippen LogP) is 4.65. The third-order valence-corrected chi connectivity index (χ3v) is 5.30. The molecule has 1 aliphatic heterocycles. The van der Waals surface area contributed by atoms with E-state index in [9.17, 15) is 4.79 Å². The van der Waals surface area contributed by atoms with Crippen molar-refractivity contribution in [3.8, 4) is 0 Å². The van der Waals surface area contributed by atoms with Gasteiger partial charge in [-0.2, -0.15) is 0 Å². The van der Waals surface area contributed by atoms with Crippen LogP contribution in [0, 0.1) is 20.8 Å². The summed E-state index contributed by atoms with van der Waals surface area (Å²) >= 11 is 0. The lowest BCUT2D eigenvalue weighted by atomic mass is 9.99. The second-order valence-electron chi connectivity index (χ2n) is 7.14. The van der Waals surface area contributed by atoms with Crippen LogP contribution in [-0.2, 0) is 13.0 Å². The number of carbonyl (C=O) groups is 1. The smallest absolute Gasteiger partial charge is 0.260 e. The minimum atomic E-state index is 0.0913. The molecule has 4 nitrogen and oxygen atoms in total. The fraction of sp³-hybridized carbons (Fsp3) is 0.318. The van der Waals surface area contributed by atoms with E-state index in [-0.39, 0.29) is 5.91 Å². The summed E-state index contributed by atoms with van der Waals surface area (Å²) in [5.41, 5.74) is 6.42. The highest BCUT2D eigenvalue weighted by Crippen LogP contribution is 2.30. The lowest BCUT2D eigenvalue weighted by Crippen LogP contribution is -2.35. The third-order valence-electron chi connectivity index (χ3n) is 5.30. The summed E-state index contributed by atoms with van der Waals surface area (Å²) in [5, 5.41) is 0. The normalized spacial score (nSPS) is 13.7. The molecule has 0 saturated heterocycles. The van der Waals surface area contributed by atoms with Crippen LogP contribution in [0.15, 0.2) is 47.1 Å². The number of nitrogens with zero attached hydrogens (tertiary/aromatic N) is 2. The van der Waals surface area contributed by atoms with E-state index in [2.05, 4.69) is 29.7 Å². The number of furan rings is 1. The van der Waals surface area contributed by atoms with Crippen LogP contribution in [0.5, 0.6) is 0 Å². The highest BCUT2D eigenvalue weighted by atomic mass is 16.3. The second-order valence-corrected chi connectivity index (χ2v) is 7.14. The summed E-state index contributed by atoms with van der Waals surface area (Å²) in [4.78, 5) is 15.3. The molecule has 0 spiro atoms. The highest BCUT2D eigenvalue weighted by Gasteiger charge is 2.26. The van der Waals surface area contributed by atoms with Gasteiger partial charge < -0.3 is 13.9 Å². The molecule has 3 heterocycles. The molecule has 0 bridgehead atoms. The second kappa shape index (κ2) is 6.52. The number of rotatable bonds is 3. The van der Waals surface area contributed by atoms with Gasteiger partial charge in [0, 0.05) is 23.6 Å². The van der Waals surface area contributed by atoms with E-state index in [0.29, 0.717) is 6.54 Å². The quantitative estimate of drug-likeness (QED) is 0.691. The van der Waals surface area contributed by atoms with Gasteiger partial charge in [0.2, 0.25) is 0 Å². The molecule has 0 atom stereocenters. The highest BCUT2D eigenvalue weighted by molar-refractivity contribution is 6.07. The first kappa shape index (κ1) is 16.7. The zero-order valence-electron chi connectivity index (χ0n) is 15.6. The predicted molar refractivity (Wildman–Crippen MR) is 103 cm³/mol. The molecule has 0 N–H and O–H groups in total. The average Bonchev–Trinajstić information content (AvgIpc) is 3.24. The van der Waals surface area contributed by atoms with Crippen LogP contribution >= 0.6 is 0 Å². The van der Waals surface area contributed by atoms with Crippen LogP contribution in [-0.4, -0.2) is 17.0 Å². The monoisotopic (exact) mass is 348 g/mol. The summed E-state index contributed by atoms with van der Waals surface area (Å²) in [6, 6.07) is 12.2. The van der Waals surface area contributed by atoms with Crippen LogP contribution < -0.4 is 4.90 Å². The Morgan fingerprint density at radius 3 is 2.77 bits per heavy atom. The Morgan fingerprint density at radius 1 is 1.15 bits per heavy atom. The van der Waals surface area contributed by atoms with Crippen molar-refractivity contribution in [1.82, 2.24) is 4.57 Å². The van der Waals surface area contributed by atoms with Crippen molar-refractivity contribution in [1.29, 1.82) is 0 Å². The van der Waals surface area contributed by atoms with E-state index in [1.165, 1.54) is 11.1 Å². The van der Waals surface area contributed by atoms with Crippen molar-refractivity contribution >= 4 is 11.6 Å². The van der Waals surface area contributed by atoms with Gasteiger partial charge in [0.25, 0.3) is 5.91 Å². The molecule has 134 valence electrons. The molecule has 0 saturated carbocycles. The van der Waals surface area contributed by atoms with Crippen molar-refractivity contribution < 1.29 is 9.21 Å². The van der Waals surface area contributed by atoms with Gasteiger partial charge in [-0.1, -0.05) is 17.7 Å². The Bertz CT molecular complexity index is 951. The molecule has 4 rings (SSSR count). The summed E-state index contributed by atoms with van der Waals surface area (Å²) in [6.45, 7) is 7.58. The van der Waals surface area contributed by atoms with E-state index < -0.39 is 0 Å². The van der Waals surface area contributed by atoms with E-state index in [4.69, 9.17) is 4.42 Å². The Hall–Kier alpha value is -2.75. The average molecular weight is 348 g/mol. The zero-order chi connectivity index (χ0) is 18.3. The van der Waals surface area contributed by atoms with Gasteiger partial charge >= 0.3 is 0 Å². The number of hydrogen-bond acceptors (Lipinski definition) is 2. The van der Waals surface area contributed by atoms with Gasteiger partial charge in [0.05, 0.1) is 18.4 Å². The lowest BCUT2D eigenvalue weighted by Gasteiger charge is -2.30. The first-order chi connectivity index (χ1) is 12.5. The molecule has 0 fully saturated rings. The Labute approximate surface area is 154 Å². The standard InChI is InChI=1S/C22H24N2O2/c1-15-8-9-21-18(12-15)6-4-10-23(21)22(25)20-13-16(2)24(17(20)3)14-19-7-5-11-26-19/h5,7-9,11-13H,4,6,10,14H2,1-3H3. The van der Waals surface area contributed by atoms with Gasteiger partial charge in [0.1, 0.15) is 5.76 Å². The summed E-state index contributed by atoms with van der Waals surface area (Å²) < 4.78 is 7.62. The number of anilines is 1. The number of aromatic nitrogens is 1. The number of carbonyl (C=O) groups excluding carboxylic acids is 1. The van der Waals surface area contributed by atoms with E-state index in [1.54, 1.807) is 6.26 Å². The van der Waals surface area contributed by atoms with Gasteiger partial charge in [-0.3, -0.25) is 4.79 Å². The number of amides is 1. The molecule has 1 aliphatic rings. The minimum Gasteiger partial charge on any atom is -0.467 e. The molecule has 0 radical (unpaired) electrons. The van der Waals surface area contributed by atoms with Crippen molar-refractivity contribution in [2.75, 3.05) is 11.4 Å². The fourth-order valence-corrected chi connectivity index (χ4v) is 3.90. The van der Waals surface area contributed by atoms with Gasteiger partial charge in [-0.15, -0.1) is 0 Å². The topological polar surface area (TPSA) is 38.4 Å². The fourth-order valence-electron chi connectivity index (χ4n) is 3.90. The van der Waals surface area contributed by atoms with Crippen LogP contribution in [0.4, 0.5) is 5.69 Å². The number of aryl methyl sites for hydroxylation is 3. The number of benzene rings is 1. The maximum atomic E-state index is 13.3. The van der Waals surface area contributed by atoms with Crippen LogP contribution in [0.3, 0.4) is 0 Å². The summed E-state index contributed by atoms with van der Waals surface area (Å²) in [6.07, 6.45) is 3.73. The molecule has 26 heavy (non-hydrogen) atoms. The van der Waals surface area contributed by atoms with E-state index >= 15 is 0 Å².